The van der Waals surface area contributed by atoms with Crippen LogP contribution < -0.4 is 4.74 Å². The third-order valence-electron chi connectivity index (χ3n) is 5.88. The molecule has 0 spiro atoms. The van der Waals surface area contributed by atoms with Crippen LogP contribution in [-0.4, -0.2) is 63.6 Å². The maximum absolute atomic E-state index is 9.68. The van der Waals surface area contributed by atoms with Crippen molar-refractivity contribution in [2.45, 2.75) is 32.5 Å². The number of hydrogen-bond donors (Lipinski definition) is 1. The number of ether oxygens (including phenoxy) is 1. The lowest BCUT2D eigenvalue weighted by Crippen LogP contribution is -2.52. The van der Waals surface area contributed by atoms with Gasteiger partial charge in [-0.15, -0.1) is 0 Å². The number of benzene rings is 2. The molecule has 6 heteroatoms. The van der Waals surface area contributed by atoms with Gasteiger partial charge in [-0.3, -0.25) is 9.80 Å². The maximum atomic E-state index is 9.68. The Balaban J connectivity index is 1.42. The van der Waals surface area contributed by atoms with E-state index < -0.39 is 0 Å². The second-order valence-electron chi connectivity index (χ2n) is 8.03. The Morgan fingerprint density at radius 3 is 2.77 bits per heavy atom. The van der Waals surface area contributed by atoms with Crippen LogP contribution >= 0.6 is 0 Å². The van der Waals surface area contributed by atoms with Crippen LogP contribution in [0.1, 0.15) is 24.5 Å². The first-order valence-corrected chi connectivity index (χ1v) is 11.1. The van der Waals surface area contributed by atoms with Gasteiger partial charge < -0.3 is 9.84 Å². The average Bonchev–Trinajstić information content (AvgIpc) is 3.33. The van der Waals surface area contributed by atoms with Crippen molar-refractivity contribution >= 4 is 0 Å². The van der Waals surface area contributed by atoms with E-state index in [0.717, 1.165) is 50.6 Å². The summed E-state index contributed by atoms with van der Waals surface area (Å²) in [5.41, 5.74) is 3.58. The standard InChI is InChI=1S/C25H32N4O2/c1-2-31-25-10-4-3-8-22(25)19-28-15-14-27(20-24(28)11-16-30)18-21-7-5-9-23(17-21)29-13-6-12-26-29/h3-10,12-13,17,24,30H,2,11,14-16,18-20H2,1H3/t24-/m1/s1. The molecule has 1 aliphatic rings. The monoisotopic (exact) mass is 420 g/mol. The quantitative estimate of drug-likeness (QED) is 0.575. The molecular formula is C25H32N4O2. The highest BCUT2D eigenvalue weighted by Crippen LogP contribution is 2.24. The molecule has 6 nitrogen and oxygen atoms in total. The van der Waals surface area contributed by atoms with Gasteiger partial charge in [0.1, 0.15) is 5.75 Å². The third kappa shape index (κ3) is 5.53. The molecular weight excluding hydrogens is 388 g/mol. The van der Waals surface area contributed by atoms with Gasteiger partial charge in [0, 0.05) is 63.3 Å². The molecule has 1 saturated heterocycles. The lowest BCUT2D eigenvalue weighted by Gasteiger charge is -2.41. The lowest BCUT2D eigenvalue weighted by molar-refractivity contribution is 0.0494. The molecule has 31 heavy (non-hydrogen) atoms. The minimum Gasteiger partial charge on any atom is -0.494 e. The van der Waals surface area contributed by atoms with Crippen molar-refractivity contribution < 1.29 is 9.84 Å². The van der Waals surface area contributed by atoms with Crippen molar-refractivity contribution in [3.8, 4) is 11.4 Å². The average molecular weight is 421 g/mol. The Kier molecular flexibility index (Phi) is 7.35. The molecule has 0 aliphatic carbocycles. The van der Waals surface area contributed by atoms with E-state index in [-0.39, 0.29) is 6.61 Å². The zero-order valence-corrected chi connectivity index (χ0v) is 18.2. The van der Waals surface area contributed by atoms with Crippen molar-refractivity contribution in [3.05, 3.63) is 78.1 Å². The first-order chi connectivity index (χ1) is 15.3. The van der Waals surface area contributed by atoms with Gasteiger partial charge in [0.15, 0.2) is 0 Å². The first kappa shape index (κ1) is 21.6. The number of piperazine rings is 1. The van der Waals surface area contributed by atoms with Gasteiger partial charge in [0.25, 0.3) is 0 Å². The van der Waals surface area contributed by atoms with Crippen LogP contribution in [-0.2, 0) is 13.1 Å². The fraction of sp³-hybridized carbons (Fsp3) is 0.400. The van der Waals surface area contributed by atoms with Crippen molar-refractivity contribution in [3.63, 3.8) is 0 Å². The SMILES string of the molecule is CCOc1ccccc1CN1CCN(Cc2cccc(-n3cccn3)c2)C[C@H]1CCO. The summed E-state index contributed by atoms with van der Waals surface area (Å²) in [6.45, 7) is 7.58. The summed E-state index contributed by atoms with van der Waals surface area (Å²) in [6, 6.07) is 19.1. The van der Waals surface area contributed by atoms with Gasteiger partial charge in [-0.1, -0.05) is 30.3 Å². The van der Waals surface area contributed by atoms with Crippen LogP contribution in [0.5, 0.6) is 5.75 Å². The second-order valence-corrected chi connectivity index (χ2v) is 8.03. The van der Waals surface area contributed by atoms with Gasteiger partial charge >= 0.3 is 0 Å². The molecule has 1 aliphatic heterocycles. The fourth-order valence-electron chi connectivity index (χ4n) is 4.36. The zero-order valence-electron chi connectivity index (χ0n) is 18.2. The molecule has 2 aromatic carbocycles. The smallest absolute Gasteiger partial charge is 0.123 e. The highest BCUT2D eigenvalue weighted by molar-refractivity contribution is 5.35. The first-order valence-electron chi connectivity index (χ1n) is 11.1. The number of nitrogens with zero attached hydrogens (tertiary/aromatic N) is 4. The third-order valence-corrected chi connectivity index (χ3v) is 5.88. The fourth-order valence-corrected chi connectivity index (χ4v) is 4.36. The van der Waals surface area contributed by atoms with Crippen LogP contribution in [0.4, 0.5) is 0 Å². The summed E-state index contributed by atoms with van der Waals surface area (Å²) in [6.07, 6.45) is 4.55. The van der Waals surface area contributed by atoms with Crippen LogP contribution in [0.3, 0.4) is 0 Å². The highest BCUT2D eigenvalue weighted by atomic mass is 16.5. The molecule has 0 radical (unpaired) electrons. The molecule has 1 N–H and O–H groups in total. The predicted octanol–water partition coefficient (Wildman–Crippen LogP) is 3.34. The molecule has 164 valence electrons. The van der Waals surface area contributed by atoms with Crippen LogP contribution in [0.25, 0.3) is 5.69 Å². The van der Waals surface area contributed by atoms with Crippen molar-refractivity contribution in [1.29, 1.82) is 0 Å². The summed E-state index contributed by atoms with van der Waals surface area (Å²) in [5, 5.41) is 14.0. The Bertz CT molecular complexity index is 944. The van der Waals surface area contributed by atoms with E-state index in [1.165, 1.54) is 11.1 Å². The molecule has 3 aromatic rings. The number of aliphatic hydroxyl groups excluding tert-OH is 1. The molecule has 2 heterocycles. The van der Waals surface area contributed by atoms with E-state index >= 15 is 0 Å². The number of aromatic nitrogens is 2. The molecule has 1 atom stereocenters. The van der Waals surface area contributed by atoms with E-state index in [0.29, 0.717) is 12.6 Å². The number of rotatable bonds is 9. The topological polar surface area (TPSA) is 53.8 Å². The summed E-state index contributed by atoms with van der Waals surface area (Å²) >= 11 is 0. The Morgan fingerprint density at radius 1 is 1.06 bits per heavy atom. The van der Waals surface area contributed by atoms with E-state index in [1.54, 1.807) is 6.20 Å². The molecule has 1 fully saturated rings. The molecule has 1 aromatic heterocycles. The Hall–Kier alpha value is -2.67. The van der Waals surface area contributed by atoms with Gasteiger partial charge in [0.2, 0.25) is 0 Å². The minimum atomic E-state index is 0.205. The van der Waals surface area contributed by atoms with Crippen LogP contribution in [0.2, 0.25) is 0 Å². The van der Waals surface area contributed by atoms with E-state index in [2.05, 4.69) is 51.3 Å². The normalized spacial score (nSPS) is 17.7. The molecule has 0 bridgehead atoms. The number of aliphatic hydroxyl groups is 1. The summed E-state index contributed by atoms with van der Waals surface area (Å²) < 4.78 is 7.72. The van der Waals surface area contributed by atoms with Crippen molar-refractivity contribution in [2.24, 2.45) is 0 Å². The van der Waals surface area contributed by atoms with E-state index in [9.17, 15) is 5.11 Å². The molecule has 0 saturated carbocycles. The van der Waals surface area contributed by atoms with Gasteiger partial charge in [0.05, 0.1) is 12.3 Å². The minimum absolute atomic E-state index is 0.205. The second kappa shape index (κ2) is 10.6. The predicted molar refractivity (Wildman–Crippen MR) is 122 cm³/mol. The van der Waals surface area contributed by atoms with Gasteiger partial charge in [-0.25, -0.2) is 4.68 Å². The molecule has 0 unspecified atom stereocenters. The van der Waals surface area contributed by atoms with Gasteiger partial charge in [-0.2, -0.15) is 5.10 Å². The largest absolute Gasteiger partial charge is 0.494 e. The summed E-state index contributed by atoms with van der Waals surface area (Å²) in [7, 11) is 0. The van der Waals surface area contributed by atoms with E-state index in [1.807, 2.05) is 36.0 Å². The van der Waals surface area contributed by atoms with Gasteiger partial charge in [-0.05, 0) is 43.2 Å². The highest BCUT2D eigenvalue weighted by Gasteiger charge is 2.27. The summed E-state index contributed by atoms with van der Waals surface area (Å²) in [5.74, 6) is 0.964. The van der Waals surface area contributed by atoms with E-state index in [4.69, 9.17) is 4.74 Å². The lowest BCUT2D eigenvalue weighted by atomic mass is 10.1. The zero-order chi connectivity index (χ0) is 21.5. The molecule has 0 amide bonds. The Labute approximate surface area is 184 Å². The van der Waals surface area contributed by atoms with Crippen molar-refractivity contribution in [2.75, 3.05) is 32.8 Å². The van der Waals surface area contributed by atoms with Crippen LogP contribution in [0, 0.1) is 0 Å². The number of hydrogen-bond acceptors (Lipinski definition) is 5. The Morgan fingerprint density at radius 2 is 1.97 bits per heavy atom. The molecule has 4 rings (SSSR count). The number of para-hydroxylation sites is 1. The maximum Gasteiger partial charge on any atom is 0.123 e. The van der Waals surface area contributed by atoms with Crippen LogP contribution in [0.15, 0.2) is 67.0 Å². The van der Waals surface area contributed by atoms with Crippen molar-refractivity contribution in [1.82, 2.24) is 19.6 Å². The summed E-state index contributed by atoms with van der Waals surface area (Å²) in [4.78, 5) is 4.98.